The fourth-order valence-electron chi connectivity index (χ4n) is 2.83. The van der Waals surface area contributed by atoms with Crippen LogP contribution >= 0.6 is 7.60 Å². The van der Waals surface area contributed by atoms with Gasteiger partial charge in [-0.15, -0.1) is 0 Å². The summed E-state index contributed by atoms with van der Waals surface area (Å²) in [6.07, 6.45) is -0.893. The summed E-state index contributed by atoms with van der Waals surface area (Å²) >= 11 is 0. The lowest BCUT2D eigenvalue weighted by molar-refractivity contribution is -0.0632. The van der Waals surface area contributed by atoms with Crippen molar-refractivity contribution in [1.29, 1.82) is 0 Å². The van der Waals surface area contributed by atoms with Gasteiger partial charge in [0.2, 0.25) is 0 Å². The maximum atomic E-state index is 12.6. The van der Waals surface area contributed by atoms with Gasteiger partial charge >= 0.3 is 13.7 Å². The minimum atomic E-state index is -3.16. The summed E-state index contributed by atoms with van der Waals surface area (Å²) in [5, 5.41) is 0. The van der Waals surface area contributed by atoms with Crippen LogP contribution in [0.15, 0.2) is 0 Å². The highest BCUT2D eigenvalue weighted by Crippen LogP contribution is 2.51. The third-order valence-electron chi connectivity index (χ3n) is 4.07. The maximum Gasteiger partial charge on any atom is 0.412 e. The molecule has 0 saturated carbocycles. The van der Waals surface area contributed by atoms with E-state index in [1.165, 1.54) is 14.2 Å². The fraction of sp³-hybridized carbons (Fsp3) is 0.933. The van der Waals surface area contributed by atoms with E-state index in [2.05, 4.69) is 0 Å². The predicted octanol–water partition coefficient (Wildman–Crippen LogP) is 2.61. The molecule has 9 heteroatoms. The molecule has 2 aliphatic heterocycles. The Kier molecular flexibility index (Phi) is 5.39. The maximum absolute atomic E-state index is 12.6. The highest BCUT2D eigenvalue weighted by atomic mass is 31.2. The van der Waals surface area contributed by atoms with Crippen LogP contribution in [0.25, 0.3) is 0 Å². The number of ether oxygens (including phenoxy) is 3. The van der Waals surface area contributed by atoms with Gasteiger partial charge in [-0.3, -0.25) is 9.46 Å². The van der Waals surface area contributed by atoms with Gasteiger partial charge in [-0.05, 0) is 34.6 Å². The Balaban J connectivity index is 2.07. The molecule has 2 heterocycles. The van der Waals surface area contributed by atoms with E-state index in [9.17, 15) is 9.36 Å². The minimum absolute atomic E-state index is 0.143. The Hall–Kier alpha value is -0.660. The predicted molar refractivity (Wildman–Crippen MR) is 87.0 cm³/mol. The van der Waals surface area contributed by atoms with Crippen molar-refractivity contribution in [2.75, 3.05) is 27.0 Å². The quantitative estimate of drug-likeness (QED) is 0.547. The molecule has 0 aromatic heterocycles. The van der Waals surface area contributed by atoms with Crippen molar-refractivity contribution >= 4 is 13.7 Å². The molecule has 0 spiro atoms. The number of amides is 1. The molecule has 0 bridgehead atoms. The molecule has 8 nitrogen and oxygen atoms in total. The zero-order chi connectivity index (χ0) is 18.3. The van der Waals surface area contributed by atoms with Crippen molar-refractivity contribution in [3.8, 4) is 0 Å². The third-order valence-corrected chi connectivity index (χ3v) is 5.99. The van der Waals surface area contributed by atoms with Crippen molar-refractivity contribution < 1.29 is 32.6 Å². The van der Waals surface area contributed by atoms with Crippen molar-refractivity contribution in [2.24, 2.45) is 0 Å². The van der Waals surface area contributed by atoms with Crippen LogP contribution in [-0.2, 0) is 27.8 Å². The van der Waals surface area contributed by atoms with Crippen molar-refractivity contribution in [3.05, 3.63) is 0 Å². The molecular weight excluding hydrogens is 337 g/mol. The summed E-state index contributed by atoms with van der Waals surface area (Å²) in [6, 6.07) is -0.304. The molecule has 2 aliphatic rings. The summed E-state index contributed by atoms with van der Waals surface area (Å²) in [6.45, 7) is 9.39. The van der Waals surface area contributed by atoms with E-state index >= 15 is 0 Å². The van der Waals surface area contributed by atoms with Gasteiger partial charge in [0.15, 0.2) is 0 Å². The van der Waals surface area contributed by atoms with Gasteiger partial charge in [-0.2, -0.15) is 0 Å². The number of carbonyl (C=O) groups excluding carboxylic acids is 1. The number of hydrogen-bond acceptors (Lipinski definition) is 7. The van der Waals surface area contributed by atoms with Crippen molar-refractivity contribution in [3.63, 3.8) is 0 Å². The van der Waals surface area contributed by atoms with Crippen LogP contribution in [-0.4, -0.2) is 67.6 Å². The van der Waals surface area contributed by atoms with Crippen LogP contribution in [0.5, 0.6) is 0 Å². The zero-order valence-electron chi connectivity index (χ0n) is 15.4. The average Bonchev–Trinajstić information content (AvgIpc) is 3.11. The third kappa shape index (κ3) is 4.29. The number of hydrogen-bond donors (Lipinski definition) is 0. The van der Waals surface area contributed by atoms with Crippen molar-refractivity contribution in [2.45, 2.75) is 64.2 Å². The highest BCUT2D eigenvalue weighted by Gasteiger charge is 2.58. The smallest absolute Gasteiger partial charge is 0.412 e. The van der Waals surface area contributed by atoms with Crippen LogP contribution in [0.3, 0.4) is 0 Å². The standard InChI is InChI=1S/C15H28NO7P/c1-14(2,3)23-13(17)16-10(8-21-15(16,4)5)12-11(22-12)9-24(18,19-6)20-7/h10-12H,8-9H2,1-7H3/t10-,11?,12?/m0/s1. The van der Waals surface area contributed by atoms with Gasteiger partial charge in [0, 0.05) is 14.2 Å². The largest absolute Gasteiger partial charge is 0.444 e. The molecule has 0 N–H and O–H groups in total. The second kappa shape index (κ2) is 6.57. The summed E-state index contributed by atoms with van der Waals surface area (Å²) in [4.78, 5) is 14.2. The molecule has 3 atom stereocenters. The Bertz CT molecular complexity index is 522. The lowest BCUT2D eigenvalue weighted by Gasteiger charge is -2.34. The Morgan fingerprint density at radius 2 is 1.88 bits per heavy atom. The number of rotatable bonds is 5. The van der Waals surface area contributed by atoms with Gasteiger partial charge in [-0.25, -0.2) is 4.79 Å². The first-order chi connectivity index (χ1) is 10.9. The molecule has 0 aromatic rings. The van der Waals surface area contributed by atoms with Crippen LogP contribution in [0.1, 0.15) is 34.6 Å². The van der Waals surface area contributed by atoms with Gasteiger partial charge < -0.3 is 23.3 Å². The first-order valence-electron chi connectivity index (χ1n) is 7.95. The molecule has 2 saturated heterocycles. The molecule has 0 aromatic carbocycles. The fourth-order valence-corrected chi connectivity index (χ4v) is 4.01. The number of epoxide rings is 1. The Morgan fingerprint density at radius 3 is 2.38 bits per heavy atom. The van der Waals surface area contributed by atoms with Gasteiger partial charge in [0.25, 0.3) is 0 Å². The minimum Gasteiger partial charge on any atom is -0.444 e. The molecule has 2 rings (SSSR count). The second-order valence-corrected chi connectivity index (χ2v) is 9.79. The van der Waals surface area contributed by atoms with Gasteiger partial charge in [0.1, 0.15) is 17.4 Å². The SMILES string of the molecule is COP(=O)(CC1OC1[C@@H]1COC(C)(C)N1C(=O)OC(C)(C)C)OC. The molecule has 0 radical (unpaired) electrons. The van der Waals surface area contributed by atoms with E-state index in [1.54, 1.807) is 4.90 Å². The topological polar surface area (TPSA) is 86.8 Å². The molecular formula is C15H28NO7P. The van der Waals surface area contributed by atoms with E-state index in [0.29, 0.717) is 6.61 Å². The molecule has 140 valence electrons. The normalized spacial score (nSPS) is 29.6. The lowest BCUT2D eigenvalue weighted by atomic mass is 10.1. The van der Waals surface area contributed by atoms with Gasteiger partial charge in [0.05, 0.1) is 24.9 Å². The van der Waals surface area contributed by atoms with E-state index < -0.39 is 25.0 Å². The first-order valence-corrected chi connectivity index (χ1v) is 9.67. The van der Waals surface area contributed by atoms with E-state index in [-0.39, 0.29) is 24.4 Å². The van der Waals surface area contributed by atoms with Crippen LogP contribution in [0, 0.1) is 0 Å². The van der Waals surface area contributed by atoms with Gasteiger partial charge in [-0.1, -0.05) is 0 Å². The Labute approximate surface area is 143 Å². The van der Waals surface area contributed by atoms with E-state index in [1.807, 2.05) is 34.6 Å². The second-order valence-electron chi connectivity index (χ2n) is 7.47. The Morgan fingerprint density at radius 1 is 1.29 bits per heavy atom. The summed E-state index contributed by atoms with van der Waals surface area (Å²) in [5.74, 6) is 0. The molecule has 0 aliphatic carbocycles. The number of carbonyl (C=O) groups is 1. The van der Waals surface area contributed by atoms with Crippen LogP contribution in [0.4, 0.5) is 4.79 Å². The van der Waals surface area contributed by atoms with Crippen LogP contribution in [0.2, 0.25) is 0 Å². The summed E-state index contributed by atoms with van der Waals surface area (Å²) in [5.41, 5.74) is -1.40. The zero-order valence-corrected chi connectivity index (χ0v) is 16.3. The number of nitrogens with zero attached hydrogens (tertiary/aromatic N) is 1. The van der Waals surface area contributed by atoms with E-state index in [0.717, 1.165) is 0 Å². The highest BCUT2D eigenvalue weighted by molar-refractivity contribution is 7.53. The molecule has 2 unspecified atom stereocenters. The summed E-state index contributed by atoms with van der Waals surface area (Å²) in [7, 11) is -0.475. The molecule has 24 heavy (non-hydrogen) atoms. The van der Waals surface area contributed by atoms with Crippen molar-refractivity contribution in [1.82, 2.24) is 4.90 Å². The summed E-state index contributed by atoms with van der Waals surface area (Å²) < 4.78 is 39.0. The average molecular weight is 365 g/mol. The van der Waals surface area contributed by atoms with E-state index in [4.69, 9.17) is 23.3 Å². The first kappa shape index (κ1) is 19.7. The molecule has 2 fully saturated rings. The monoisotopic (exact) mass is 365 g/mol. The molecule has 1 amide bonds. The van der Waals surface area contributed by atoms with Crippen LogP contribution < -0.4 is 0 Å². The lowest BCUT2D eigenvalue weighted by Crippen LogP contribution is -2.51.